The topological polar surface area (TPSA) is 66.7 Å². The van der Waals surface area contributed by atoms with E-state index in [1.54, 1.807) is 18.2 Å². The zero-order chi connectivity index (χ0) is 21.7. The van der Waals surface area contributed by atoms with Gasteiger partial charge < -0.3 is 5.11 Å². The quantitative estimate of drug-likeness (QED) is 0.492. The molecule has 0 aliphatic heterocycles. The van der Waals surface area contributed by atoms with E-state index in [1.165, 1.54) is 11.1 Å². The summed E-state index contributed by atoms with van der Waals surface area (Å²) < 4.78 is 0. The molecule has 0 fully saturated rings. The lowest BCUT2D eigenvalue weighted by atomic mass is 9.63. The molecule has 0 bridgehead atoms. The molecular weight excluding hydrogens is 374 g/mol. The molecule has 4 heteroatoms. The second-order valence-corrected chi connectivity index (χ2v) is 9.71. The van der Waals surface area contributed by atoms with E-state index in [0.29, 0.717) is 0 Å². The van der Waals surface area contributed by atoms with Gasteiger partial charge in [-0.05, 0) is 74.9 Å². The van der Waals surface area contributed by atoms with Gasteiger partial charge in [-0.2, -0.15) is 0 Å². The van der Waals surface area contributed by atoms with E-state index < -0.39 is 12.0 Å². The molecule has 154 valence electrons. The number of carbonyl (C=O) groups is 1. The molecule has 0 aromatic heterocycles. The number of benzene rings is 3. The fourth-order valence-corrected chi connectivity index (χ4v) is 4.66. The summed E-state index contributed by atoms with van der Waals surface area (Å²) in [4.78, 5) is 23.1. The normalized spacial score (nSPS) is 17.9. The summed E-state index contributed by atoms with van der Waals surface area (Å²) >= 11 is 0. The molecule has 0 amide bonds. The Balaban J connectivity index is 1.79. The lowest BCUT2D eigenvalue weighted by Gasteiger charge is -2.42. The zero-order valence-electron chi connectivity index (χ0n) is 17.9. The van der Waals surface area contributed by atoms with E-state index >= 15 is 0 Å². The van der Waals surface area contributed by atoms with Crippen LogP contribution in [-0.4, -0.2) is 11.1 Å². The lowest BCUT2D eigenvalue weighted by molar-refractivity contribution is 0.0697. The number of hydrogen-bond donors (Lipinski definition) is 1. The van der Waals surface area contributed by atoms with Gasteiger partial charge in [0.15, 0.2) is 0 Å². The predicted octanol–water partition coefficient (Wildman–Crippen LogP) is 6.74. The lowest BCUT2D eigenvalue weighted by Crippen LogP contribution is -2.34. The van der Waals surface area contributed by atoms with Crippen LogP contribution in [0.5, 0.6) is 0 Å². The minimum absolute atomic E-state index is 0.0604. The average Bonchev–Trinajstić information content (AvgIpc) is 2.71. The van der Waals surface area contributed by atoms with Gasteiger partial charge in [-0.25, -0.2) is 4.79 Å². The van der Waals surface area contributed by atoms with Crippen LogP contribution in [0.25, 0.3) is 10.8 Å². The van der Waals surface area contributed by atoms with E-state index in [9.17, 15) is 14.8 Å². The number of nitrogens with zero attached hydrogens (tertiary/aromatic N) is 1. The Morgan fingerprint density at radius 2 is 1.40 bits per heavy atom. The Bertz CT molecular complexity index is 1160. The van der Waals surface area contributed by atoms with Crippen molar-refractivity contribution in [1.29, 1.82) is 0 Å². The van der Waals surface area contributed by atoms with Crippen molar-refractivity contribution in [3.05, 3.63) is 87.3 Å². The van der Waals surface area contributed by atoms with E-state index in [2.05, 4.69) is 45.0 Å². The van der Waals surface area contributed by atoms with Crippen molar-refractivity contribution < 1.29 is 9.90 Å². The zero-order valence-corrected chi connectivity index (χ0v) is 17.9. The van der Waals surface area contributed by atoms with Crippen molar-refractivity contribution in [2.75, 3.05) is 0 Å². The molecule has 0 heterocycles. The molecule has 3 aromatic carbocycles. The molecule has 1 N–H and O–H groups in total. The van der Waals surface area contributed by atoms with Crippen LogP contribution in [0.15, 0.2) is 59.8 Å². The van der Waals surface area contributed by atoms with Gasteiger partial charge in [-0.15, -0.1) is 4.91 Å². The van der Waals surface area contributed by atoms with Gasteiger partial charge in [0.05, 0.1) is 5.56 Å². The van der Waals surface area contributed by atoms with Crippen molar-refractivity contribution in [2.24, 2.45) is 5.18 Å². The summed E-state index contributed by atoms with van der Waals surface area (Å²) in [5.74, 6) is -0.951. The largest absolute Gasteiger partial charge is 0.478 e. The molecule has 0 spiro atoms. The molecule has 1 atom stereocenters. The molecule has 30 heavy (non-hydrogen) atoms. The van der Waals surface area contributed by atoms with Crippen LogP contribution >= 0.6 is 0 Å². The van der Waals surface area contributed by atoms with Gasteiger partial charge in [0.1, 0.15) is 6.04 Å². The molecule has 3 aromatic rings. The summed E-state index contributed by atoms with van der Waals surface area (Å²) in [6.45, 7) is 9.10. The minimum Gasteiger partial charge on any atom is -0.478 e. The van der Waals surface area contributed by atoms with Gasteiger partial charge in [-0.1, -0.05) is 69.3 Å². The van der Waals surface area contributed by atoms with Crippen LogP contribution < -0.4 is 0 Å². The number of carboxylic acids is 1. The smallest absolute Gasteiger partial charge is 0.335 e. The molecular formula is C26H27NO3. The number of aromatic carboxylic acids is 1. The molecule has 0 saturated carbocycles. The summed E-state index contributed by atoms with van der Waals surface area (Å²) in [6.07, 6.45) is 2.25. The maximum atomic E-state index is 11.9. The number of carboxylic acid groups (broad SMARTS) is 1. The Labute approximate surface area is 176 Å². The van der Waals surface area contributed by atoms with Crippen molar-refractivity contribution in [3.63, 3.8) is 0 Å². The van der Waals surface area contributed by atoms with Crippen molar-refractivity contribution >= 4 is 16.7 Å². The van der Waals surface area contributed by atoms with Crippen molar-refractivity contribution in [3.8, 4) is 0 Å². The summed E-state index contributed by atoms with van der Waals surface area (Å²) in [5, 5.41) is 14.4. The van der Waals surface area contributed by atoms with Gasteiger partial charge in [-0.3, -0.25) is 0 Å². The Hall–Kier alpha value is -3.01. The van der Waals surface area contributed by atoms with Gasteiger partial charge in [0, 0.05) is 0 Å². The molecule has 0 saturated heterocycles. The Morgan fingerprint density at radius 3 is 2.07 bits per heavy atom. The van der Waals surface area contributed by atoms with Gasteiger partial charge in [0.2, 0.25) is 0 Å². The first-order valence-corrected chi connectivity index (χ1v) is 10.4. The summed E-state index contributed by atoms with van der Waals surface area (Å²) in [5.41, 5.74) is 4.80. The fraction of sp³-hybridized carbons (Fsp3) is 0.346. The highest BCUT2D eigenvalue weighted by atomic mass is 16.4. The number of hydrogen-bond acceptors (Lipinski definition) is 3. The van der Waals surface area contributed by atoms with E-state index in [4.69, 9.17) is 0 Å². The number of nitroso groups, excluding NO2 is 1. The molecule has 0 radical (unpaired) electrons. The van der Waals surface area contributed by atoms with E-state index in [0.717, 1.165) is 34.7 Å². The molecule has 1 aliphatic carbocycles. The van der Waals surface area contributed by atoms with Crippen LogP contribution in [-0.2, 0) is 10.8 Å². The first kappa shape index (κ1) is 20.3. The van der Waals surface area contributed by atoms with Crippen LogP contribution in [0.4, 0.5) is 0 Å². The first-order chi connectivity index (χ1) is 14.1. The fourth-order valence-electron chi connectivity index (χ4n) is 4.66. The third kappa shape index (κ3) is 3.41. The molecule has 4 rings (SSSR count). The first-order valence-electron chi connectivity index (χ1n) is 10.4. The molecule has 4 nitrogen and oxygen atoms in total. The SMILES string of the molecule is CC1(C)CCC(C)(C)c2cc(C(N=O)c3ccc4cc(C(=O)O)ccc4c3)ccc21. The van der Waals surface area contributed by atoms with E-state index in [-0.39, 0.29) is 16.4 Å². The second-order valence-electron chi connectivity index (χ2n) is 9.71. The minimum atomic E-state index is -0.951. The Kier molecular flexibility index (Phi) is 4.76. The maximum Gasteiger partial charge on any atom is 0.335 e. The highest BCUT2D eigenvalue weighted by Crippen LogP contribution is 2.46. The van der Waals surface area contributed by atoms with Crippen LogP contribution in [0.2, 0.25) is 0 Å². The van der Waals surface area contributed by atoms with Gasteiger partial charge in [0.25, 0.3) is 0 Å². The summed E-state index contributed by atoms with van der Waals surface area (Å²) in [6, 6.07) is 16.4. The summed E-state index contributed by atoms with van der Waals surface area (Å²) in [7, 11) is 0. The van der Waals surface area contributed by atoms with Crippen LogP contribution in [0, 0.1) is 4.91 Å². The van der Waals surface area contributed by atoms with Crippen LogP contribution in [0.3, 0.4) is 0 Å². The van der Waals surface area contributed by atoms with Crippen molar-refractivity contribution in [1.82, 2.24) is 0 Å². The monoisotopic (exact) mass is 401 g/mol. The van der Waals surface area contributed by atoms with Crippen molar-refractivity contribution in [2.45, 2.75) is 57.4 Å². The van der Waals surface area contributed by atoms with Crippen LogP contribution in [0.1, 0.15) is 79.2 Å². The average molecular weight is 402 g/mol. The standard InChI is InChI=1S/C26H27NO3/c1-25(2)11-12-26(3,4)22-15-19(9-10-21(22)25)23(27-30)18-7-5-17-14-20(24(28)29)8-6-16(17)13-18/h5-10,13-15,23H,11-12H2,1-4H3,(H,28,29). The maximum absolute atomic E-state index is 11.9. The molecule has 1 aliphatic rings. The number of rotatable bonds is 4. The number of fused-ring (bicyclic) bond motifs is 2. The second kappa shape index (κ2) is 7.05. The van der Waals surface area contributed by atoms with Gasteiger partial charge >= 0.3 is 5.97 Å². The van der Waals surface area contributed by atoms with E-state index in [1.807, 2.05) is 24.3 Å². The molecule has 1 unspecified atom stereocenters. The third-order valence-electron chi connectivity index (χ3n) is 6.73. The highest BCUT2D eigenvalue weighted by molar-refractivity contribution is 5.94. The highest BCUT2D eigenvalue weighted by Gasteiger charge is 2.37. The Morgan fingerprint density at radius 1 is 0.833 bits per heavy atom. The third-order valence-corrected chi connectivity index (χ3v) is 6.73. The predicted molar refractivity (Wildman–Crippen MR) is 120 cm³/mol.